The number of imidazole rings is 1. The van der Waals surface area contributed by atoms with Gasteiger partial charge in [-0.05, 0) is 18.3 Å². The summed E-state index contributed by atoms with van der Waals surface area (Å²) in [5.41, 5.74) is 5.69. The molecule has 0 saturated carbocycles. The molecule has 0 spiro atoms. The molecular formula is C14H13F3N4. The van der Waals surface area contributed by atoms with Gasteiger partial charge in [0.1, 0.15) is 11.3 Å². The van der Waals surface area contributed by atoms with E-state index in [-0.39, 0.29) is 5.52 Å². The molecule has 2 aromatic heterocycles. The molecule has 0 aromatic carbocycles. The molecule has 2 rings (SSSR count). The molecule has 7 heteroatoms. The van der Waals surface area contributed by atoms with Crippen molar-refractivity contribution in [1.29, 1.82) is 0 Å². The number of allylic oxidation sites excluding steroid dienone is 4. The van der Waals surface area contributed by atoms with E-state index in [1.807, 2.05) is 0 Å². The van der Waals surface area contributed by atoms with Crippen molar-refractivity contribution in [3.8, 4) is 0 Å². The van der Waals surface area contributed by atoms with Gasteiger partial charge in [0.05, 0.1) is 5.56 Å². The fourth-order valence-corrected chi connectivity index (χ4v) is 1.92. The first-order chi connectivity index (χ1) is 9.88. The van der Waals surface area contributed by atoms with Crippen molar-refractivity contribution in [1.82, 2.24) is 14.5 Å². The second-order valence-electron chi connectivity index (χ2n) is 4.28. The molecule has 0 aliphatic heterocycles. The molecule has 0 saturated heterocycles. The monoisotopic (exact) mass is 294 g/mol. The first-order valence-corrected chi connectivity index (χ1v) is 5.99. The molecule has 2 N–H and O–H groups in total. The predicted octanol–water partition coefficient (Wildman–Crippen LogP) is 3.03. The maximum absolute atomic E-state index is 12.7. The smallest absolute Gasteiger partial charge is 0.405 e. The van der Waals surface area contributed by atoms with Gasteiger partial charge in [0.2, 0.25) is 0 Å². The maximum Gasteiger partial charge on any atom is 0.417 e. The number of hydrogen-bond acceptors (Lipinski definition) is 3. The van der Waals surface area contributed by atoms with Gasteiger partial charge >= 0.3 is 6.18 Å². The van der Waals surface area contributed by atoms with Crippen molar-refractivity contribution in [3.05, 3.63) is 54.7 Å². The number of aryl methyl sites for hydroxylation is 1. The Morgan fingerprint density at radius 2 is 2.14 bits per heavy atom. The average molecular weight is 294 g/mol. The second-order valence-corrected chi connectivity index (χ2v) is 4.28. The Balaban J connectivity index is 2.65. The van der Waals surface area contributed by atoms with Crippen LogP contribution in [0.1, 0.15) is 11.4 Å². The van der Waals surface area contributed by atoms with Gasteiger partial charge in [-0.3, -0.25) is 0 Å². The SMILES string of the molecule is C=C/C=C(\C=C/N)c1nc2cc(C(F)(F)F)cnc2n1C. The molecule has 21 heavy (non-hydrogen) atoms. The van der Waals surface area contributed by atoms with Gasteiger partial charge in [0.15, 0.2) is 5.65 Å². The van der Waals surface area contributed by atoms with Crippen molar-refractivity contribution in [3.63, 3.8) is 0 Å². The van der Waals surface area contributed by atoms with Crippen molar-refractivity contribution >= 4 is 16.7 Å². The fourth-order valence-electron chi connectivity index (χ4n) is 1.92. The number of fused-ring (bicyclic) bond motifs is 1. The molecule has 2 aromatic rings. The average Bonchev–Trinajstić information content (AvgIpc) is 2.74. The van der Waals surface area contributed by atoms with Gasteiger partial charge in [-0.15, -0.1) is 0 Å². The summed E-state index contributed by atoms with van der Waals surface area (Å²) in [6.45, 7) is 3.59. The minimum atomic E-state index is -4.45. The lowest BCUT2D eigenvalue weighted by Crippen LogP contribution is -2.05. The largest absolute Gasteiger partial charge is 0.417 e. The third kappa shape index (κ3) is 2.81. The number of nitrogens with two attached hydrogens (primary N) is 1. The summed E-state index contributed by atoms with van der Waals surface area (Å²) in [4.78, 5) is 8.04. The highest BCUT2D eigenvalue weighted by Crippen LogP contribution is 2.31. The van der Waals surface area contributed by atoms with Gasteiger partial charge in [-0.1, -0.05) is 18.7 Å². The minimum absolute atomic E-state index is 0.169. The zero-order valence-corrected chi connectivity index (χ0v) is 11.2. The third-order valence-corrected chi connectivity index (χ3v) is 2.87. The molecule has 0 bridgehead atoms. The van der Waals surface area contributed by atoms with E-state index in [0.29, 0.717) is 17.0 Å². The highest BCUT2D eigenvalue weighted by Gasteiger charge is 2.31. The zero-order chi connectivity index (χ0) is 15.6. The summed E-state index contributed by atoms with van der Waals surface area (Å²) in [7, 11) is 1.67. The highest BCUT2D eigenvalue weighted by atomic mass is 19.4. The van der Waals surface area contributed by atoms with E-state index in [9.17, 15) is 13.2 Å². The Hall–Kier alpha value is -2.57. The molecule has 4 nitrogen and oxygen atoms in total. The van der Waals surface area contributed by atoms with E-state index in [4.69, 9.17) is 5.73 Å². The van der Waals surface area contributed by atoms with Gasteiger partial charge < -0.3 is 10.3 Å². The van der Waals surface area contributed by atoms with E-state index in [1.54, 1.807) is 29.8 Å². The molecule has 0 atom stereocenters. The summed E-state index contributed by atoms with van der Waals surface area (Å²) >= 11 is 0. The molecule has 0 fully saturated rings. The lowest BCUT2D eigenvalue weighted by Gasteiger charge is -2.05. The zero-order valence-electron chi connectivity index (χ0n) is 11.2. The molecule has 2 heterocycles. The van der Waals surface area contributed by atoms with E-state index in [1.165, 1.54) is 6.20 Å². The molecular weight excluding hydrogens is 281 g/mol. The van der Waals surface area contributed by atoms with Crippen molar-refractivity contribution in [2.45, 2.75) is 6.18 Å². The summed E-state index contributed by atoms with van der Waals surface area (Å²) in [5, 5.41) is 0. The fraction of sp³-hybridized carbons (Fsp3) is 0.143. The number of alkyl halides is 3. The highest BCUT2D eigenvalue weighted by molar-refractivity contribution is 5.80. The van der Waals surface area contributed by atoms with Crippen LogP contribution in [0.25, 0.3) is 16.7 Å². The van der Waals surface area contributed by atoms with Crippen LogP contribution in [-0.4, -0.2) is 14.5 Å². The van der Waals surface area contributed by atoms with Crippen LogP contribution >= 0.6 is 0 Å². The third-order valence-electron chi connectivity index (χ3n) is 2.87. The van der Waals surface area contributed by atoms with Crippen LogP contribution in [0, 0.1) is 0 Å². The van der Waals surface area contributed by atoms with E-state index in [2.05, 4.69) is 16.5 Å². The van der Waals surface area contributed by atoms with E-state index >= 15 is 0 Å². The molecule has 0 radical (unpaired) electrons. The van der Waals surface area contributed by atoms with Gasteiger partial charge in [0, 0.05) is 18.8 Å². The van der Waals surface area contributed by atoms with Crippen LogP contribution in [0.5, 0.6) is 0 Å². The number of hydrogen-bond donors (Lipinski definition) is 1. The topological polar surface area (TPSA) is 56.7 Å². The molecule has 0 unspecified atom stereocenters. The molecule has 0 aliphatic carbocycles. The van der Waals surface area contributed by atoms with Crippen LogP contribution in [0.3, 0.4) is 0 Å². The number of pyridine rings is 1. The summed E-state index contributed by atoms with van der Waals surface area (Å²) in [5.74, 6) is 0.457. The quantitative estimate of drug-likeness (QED) is 0.885. The van der Waals surface area contributed by atoms with Crippen molar-refractivity contribution < 1.29 is 13.2 Å². The minimum Gasteiger partial charge on any atom is -0.405 e. The Bertz CT molecular complexity index is 738. The predicted molar refractivity (Wildman–Crippen MR) is 75.0 cm³/mol. The molecule has 110 valence electrons. The standard InChI is InChI=1S/C14H13F3N4/c1-3-4-9(5-6-18)12-20-11-7-10(14(15,16)17)8-19-13(11)21(12)2/h3-8H,1,18H2,2H3/b6-5-,9-4+. The first kappa shape index (κ1) is 14.8. The van der Waals surface area contributed by atoms with Crippen LogP contribution in [0.4, 0.5) is 13.2 Å². The molecule has 0 amide bonds. The van der Waals surface area contributed by atoms with Gasteiger partial charge in [-0.25, -0.2) is 9.97 Å². The van der Waals surface area contributed by atoms with E-state index in [0.717, 1.165) is 12.3 Å². The normalized spacial score (nSPS) is 13.2. The number of nitrogens with zero attached hydrogens (tertiary/aromatic N) is 3. The summed E-state index contributed by atoms with van der Waals surface area (Å²) < 4.78 is 39.7. The van der Waals surface area contributed by atoms with Gasteiger partial charge in [-0.2, -0.15) is 13.2 Å². The Kier molecular flexibility index (Phi) is 3.84. The first-order valence-electron chi connectivity index (χ1n) is 5.99. The number of halogens is 3. The Morgan fingerprint density at radius 1 is 1.43 bits per heavy atom. The number of rotatable bonds is 3. The van der Waals surface area contributed by atoms with Crippen LogP contribution in [0.15, 0.2) is 43.3 Å². The summed E-state index contributed by atoms with van der Waals surface area (Å²) in [6, 6.07) is 0.976. The van der Waals surface area contributed by atoms with Gasteiger partial charge in [0.25, 0.3) is 0 Å². The van der Waals surface area contributed by atoms with Crippen LogP contribution in [0.2, 0.25) is 0 Å². The lowest BCUT2D eigenvalue weighted by molar-refractivity contribution is -0.137. The van der Waals surface area contributed by atoms with Crippen LogP contribution < -0.4 is 5.73 Å². The van der Waals surface area contributed by atoms with Crippen molar-refractivity contribution in [2.75, 3.05) is 0 Å². The number of aromatic nitrogens is 3. The molecule has 0 aliphatic rings. The maximum atomic E-state index is 12.7. The second kappa shape index (κ2) is 5.43. The van der Waals surface area contributed by atoms with E-state index < -0.39 is 11.7 Å². The van der Waals surface area contributed by atoms with Crippen molar-refractivity contribution in [2.24, 2.45) is 12.8 Å². The Morgan fingerprint density at radius 3 is 2.71 bits per heavy atom. The summed E-state index contributed by atoms with van der Waals surface area (Å²) in [6.07, 6.45) is 2.47. The Labute approximate surface area is 119 Å². The lowest BCUT2D eigenvalue weighted by atomic mass is 10.2. The van der Waals surface area contributed by atoms with Crippen LogP contribution in [-0.2, 0) is 13.2 Å².